The number of benzene rings is 4. The minimum absolute atomic E-state index is 0.112. The predicted octanol–water partition coefficient (Wildman–Crippen LogP) is 6.84. The van der Waals surface area contributed by atoms with E-state index in [0.717, 1.165) is 25.4 Å². The zero-order valence-electron chi connectivity index (χ0n) is 20.3. The van der Waals surface area contributed by atoms with Gasteiger partial charge in [0.2, 0.25) is 0 Å². The first-order valence-corrected chi connectivity index (χ1v) is 12.6. The van der Waals surface area contributed by atoms with Crippen LogP contribution < -0.4 is 4.74 Å². The Morgan fingerprint density at radius 1 is 0.861 bits per heavy atom. The van der Waals surface area contributed by atoms with Gasteiger partial charge in [-0.3, -0.25) is 9.69 Å². The van der Waals surface area contributed by atoms with Gasteiger partial charge in [0.15, 0.2) is 5.78 Å². The van der Waals surface area contributed by atoms with Gasteiger partial charge in [-0.25, -0.2) is 4.39 Å². The fourth-order valence-corrected chi connectivity index (χ4v) is 4.97. The predicted molar refractivity (Wildman–Crippen MR) is 141 cm³/mol. The van der Waals surface area contributed by atoms with Crippen LogP contribution in [0.4, 0.5) is 4.39 Å². The lowest BCUT2D eigenvalue weighted by Gasteiger charge is -2.19. The van der Waals surface area contributed by atoms with E-state index in [9.17, 15) is 14.3 Å². The van der Waals surface area contributed by atoms with Crippen LogP contribution in [0.3, 0.4) is 0 Å². The summed E-state index contributed by atoms with van der Waals surface area (Å²) in [6.07, 6.45) is 5.12. The molecule has 5 rings (SSSR count). The van der Waals surface area contributed by atoms with Gasteiger partial charge in [0.25, 0.3) is 0 Å². The van der Waals surface area contributed by atoms with Gasteiger partial charge in [-0.2, -0.15) is 0 Å². The van der Waals surface area contributed by atoms with E-state index in [1.165, 1.54) is 31.7 Å². The average molecular weight is 484 g/mol. The minimum atomic E-state index is -0.391. The van der Waals surface area contributed by atoms with E-state index < -0.39 is 5.82 Å². The molecule has 1 saturated heterocycles. The van der Waals surface area contributed by atoms with Gasteiger partial charge in [-0.05, 0) is 90.8 Å². The van der Waals surface area contributed by atoms with Crippen LogP contribution in [0.25, 0.3) is 21.9 Å². The van der Waals surface area contributed by atoms with E-state index in [1.54, 1.807) is 60.7 Å². The molecule has 1 fully saturated rings. The average Bonchev–Trinajstić information content (AvgIpc) is 3.17. The summed E-state index contributed by atoms with van der Waals surface area (Å²) in [6.45, 7) is 3.76. The first kappa shape index (κ1) is 24.0. The standard InChI is InChI=1S/C31H30FNO3/c32-29-8-4-3-7-27(29)28-15-11-23-21-24(34)12-16-26(23)30(28)31(35)22-9-13-25(14-10-22)36-20-19-33-17-5-1-2-6-18-33/h3-4,7-16,21,34H,1-2,5-6,17-20H2. The molecule has 184 valence electrons. The maximum atomic E-state index is 14.7. The number of rotatable bonds is 7. The zero-order valence-corrected chi connectivity index (χ0v) is 20.3. The quantitative estimate of drug-likeness (QED) is 0.293. The van der Waals surface area contributed by atoms with Crippen molar-refractivity contribution < 1.29 is 19.0 Å². The van der Waals surface area contributed by atoms with Crippen LogP contribution >= 0.6 is 0 Å². The Morgan fingerprint density at radius 2 is 1.61 bits per heavy atom. The van der Waals surface area contributed by atoms with Crippen molar-refractivity contribution in [3.8, 4) is 22.6 Å². The fraction of sp³-hybridized carbons (Fsp3) is 0.258. The Labute approximate surface area is 211 Å². The van der Waals surface area contributed by atoms with E-state index in [2.05, 4.69) is 4.90 Å². The molecule has 0 atom stereocenters. The van der Waals surface area contributed by atoms with Gasteiger partial charge in [0, 0.05) is 23.2 Å². The van der Waals surface area contributed by atoms with Gasteiger partial charge in [0.05, 0.1) is 0 Å². The number of carbonyl (C=O) groups excluding carboxylic acids is 1. The largest absolute Gasteiger partial charge is 0.508 e. The van der Waals surface area contributed by atoms with Crippen LogP contribution in [-0.2, 0) is 0 Å². The molecular formula is C31H30FNO3. The van der Waals surface area contributed by atoms with Crippen molar-refractivity contribution in [1.82, 2.24) is 4.90 Å². The number of phenols is 1. The number of ketones is 1. The monoisotopic (exact) mass is 483 g/mol. The highest BCUT2D eigenvalue weighted by atomic mass is 19.1. The number of phenolic OH excluding ortho intramolecular Hbond substituents is 1. The molecule has 0 aromatic heterocycles. The Balaban J connectivity index is 1.41. The molecule has 4 aromatic carbocycles. The van der Waals surface area contributed by atoms with Crippen LogP contribution in [0.2, 0.25) is 0 Å². The SMILES string of the molecule is O=C(c1ccc(OCCN2CCCCCC2)cc1)c1c(-c2ccccc2F)ccc2cc(O)ccc12. The molecule has 36 heavy (non-hydrogen) atoms. The van der Waals surface area contributed by atoms with Crippen LogP contribution in [0.1, 0.15) is 41.6 Å². The van der Waals surface area contributed by atoms with E-state index in [1.807, 2.05) is 12.1 Å². The van der Waals surface area contributed by atoms with Gasteiger partial charge in [0.1, 0.15) is 23.9 Å². The highest BCUT2D eigenvalue weighted by Gasteiger charge is 2.20. The van der Waals surface area contributed by atoms with Crippen molar-refractivity contribution in [3.05, 3.63) is 95.8 Å². The van der Waals surface area contributed by atoms with E-state index in [0.29, 0.717) is 39.6 Å². The molecule has 1 N–H and O–H groups in total. The topological polar surface area (TPSA) is 49.8 Å². The number of aromatic hydroxyl groups is 1. The molecule has 0 unspecified atom stereocenters. The second-order valence-electron chi connectivity index (χ2n) is 9.33. The summed E-state index contributed by atoms with van der Waals surface area (Å²) in [7, 11) is 0. The first-order chi connectivity index (χ1) is 17.6. The van der Waals surface area contributed by atoms with Crippen molar-refractivity contribution >= 4 is 16.6 Å². The molecular weight excluding hydrogens is 453 g/mol. The Bertz CT molecular complexity index is 1360. The third-order valence-electron chi connectivity index (χ3n) is 6.89. The van der Waals surface area contributed by atoms with E-state index >= 15 is 0 Å². The molecule has 0 aliphatic carbocycles. The number of hydrogen-bond acceptors (Lipinski definition) is 4. The smallest absolute Gasteiger partial charge is 0.194 e. The molecule has 0 saturated carbocycles. The van der Waals surface area contributed by atoms with Gasteiger partial charge < -0.3 is 9.84 Å². The summed E-state index contributed by atoms with van der Waals surface area (Å²) in [5.41, 5.74) is 1.79. The van der Waals surface area contributed by atoms with Crippen LogP contribution in [0, 0.1) is 5.82 Å². The van der Waals surface area contributed by atoms with Crippen molar-refractivity contribution in [3.63, 3.8) is 0 Å². The molecule has 5 heteroatoms. The summed E-state index contributed by atoms with van der Waals surface area (Å²) < 4.78 is 20.7. The van der Waals surface area contributed by atoms with Gasteiger partial charge in [-0.15, -0.1) is 0 Å². The fourth-order valence-electron chi connectivity index (χ4n) is 4.97. The molecule has 1 aliphatic rings. The highest BCUT2D eigenvalue weighted by molar-refractivity contribution is 6.20. The number of hydrogen-bond donors (Lipinski definition) is 1. The van der Waals surface area contributed by atoms with Crippen molar-refractivity contribution in [2.24, 2.45) is 0 Å². The second kappa shape index (κ2) is 10.9. The molecule has 1 aliphatic heterocycles. The Kier molecular flexibility index (Phi) is 7.28. The highest BCUT2D eigenvalue weighted by Crippen LogP contribution is 2.35. The number of halogens is 1. The lowest BCUT2D eigenvalue weighted by atomic mass is 9.89. The molecule has 0 bridgehead atoms. The lowest BCUT2D eigenvalue weighted by molar-refractivity contribution is 0.104. The Morgan fingerprint density at radius 3 is 2.36 bits per heavy atom. The Hall–Kier alpha value is -3.70. The number of carbonyl (C=O) groups is 1. The van der Waals surface area contributed by atoms with E-state index in [4.69, 9.17) is 4.74 Å². The molecule has 4 nitrogen and oxygen atoms in total. The number of likely N-dealkylation sites (tertiary alicyclic amines) is 1. The van der Waals surface area contributed by atoms with Crippen molar-refractivity contribution in [2.45, 2.75) is 25.7 Å². The molecule has 1 heterocycles. The molecule has 0 radical (unpaired) electrons. The zero-order chi connectivity index (χ0) is 24.9. The van der Waals surface area contributed by atoms with Crippen LogP contribution in [0.5, 0.6) is 11.5 Å². The van der Waals surface area contributed by atoms with Crippen molar-refractivity contribution in [1.29, 1.82) is 0 Å². The maximum absolute atomic E-state index is 14.7. The van der Waals surface area contributed by atoms with Gasteiger partial charge in [-0.1, -0.05) is 43.2 Å². The molecule has 4 aromatic rings. The third-order valence-corrected chi connectivity index (χ3v) is 6.89. The number of ether oxygens (including phenoxy) is 1. The number of fused-ring (bicyclic) bond motifs is 1. The van der Waals surface area contributed by atoms with Crippen LogP contribution in [0.15, 0.2) is 78.9 Å². The second-order valence-corrected chi connectivity index (χ2v) is 9.33. The van der Waals surface area contributed by atoms with Gasteiger partial charge >= 0.3 is 0 Å². The summed E-state index contributed by atoms with van der Waals surface area (Å²) in [5, 5.41) is 11.3. The molecule has 0 amide bonds. The lowest BCUT2D eigenvalue weighted by Crippen LogP contribution is -2.29. The summed E-state index contributed by atoms with van der Waals surface area (Å²) in [4.78, 5) is 16.2. The summed E-state index contributed by atoms with van der Waals surface area (Å²) in [6, 6.07) is 22.0. The molecule has 0 spiro atoms. The van der Waals surface area contributed by atoms with E-state index in [-0.39, 0.29) is 11.5 Å². The first-order valence-electron chi connectivity index (χ1n) is 12.6. The normalized spacial score (nSPS) is 14.5. The summed E-state index contributed by atoms with van der Waals surface area (Å²) >= 11 is 0. The maximum Gasteiger partial charge on any atom is 0.194 e. The minimum Gasteiger partial charge on any atom is -0.508 e. The van der Waals surface area contributed by atoms with Crippen LogP contribution in [-0.4, -0.2) is 42.0 Å². The van der Waals surface area contributed by atoms with Crippen molar-refractivity contribution in [2.75, 3.05) is 26.2 Å². The third kappa shape index (κ3) is 5.26. The number of nitrogens with zero attached hydrogens (tertiary/aromatic N) is 1. The summed E-state index contributed by atoms with van der Waals surface area (Å²) in [5.74, 6) is 0.234.